The van der Waals surface area contributed by atoms with Crippen molar-refractivity contribution in [1.29, 1.82) is 0 Å². The van der Waals surface area contributed by atoms with E-state index in [9.17, 15) is 0 Å². The summed E-state index contributed by atoms with van der Waals surface area (Å²) in [6.07, 6.45) is 0. The molecular weight excluding hydrogens is 1790 g/mol. The lowest BCUT2D eigenvalue weighted by molar-refractivity contribution is 0.414. The highest BCUT2D eigenvalue weighted by atomic mass is 31.2. The van der Waals surface area contributed by atoms with Gasteiger partial charge in [0.25, 0.3) is 0 Å². The van der Waals surface area contributed by atoms with Crippen LogP contribution in [0.5, 0.6) is 103 Å². The van der Waals surface area contributed by atoms with Crippen LogP contribution in [0.1, 0.15) is 0 Å². The van der Waals surface area contributed by atoms with Gasteiger partial charge in [-0.3, -0.25) is 27.4 Å². The zero-order valence-electron chi connectivity index (χ0n) is 73.7. The second-order valence-corrected chi connectivity index (χ2v) is 43.7. The van der Waals surface area contributed by atoms with E-state index >= 15 is 27.4 Å². The van der Waals surface area contributed by atoms with Crippen LogP contribution in [0, 0.1) is 0 Å². The molecule has 16 aromatic carbocycles. The molecule has 0 aliphatic carbocycles. The maximum absolute atomic E-state index is 17.5. The number of fused-ring (bicyclic) bond motifs is 6. The molecule has 0 atom stereocenters. The Kier molecular flexibility index (Phi) is 26.7. The maximum Gasteiger partial charge on any atom is 0.306 e. The van der Waals surface area contributed by atoms with Crippen molar-refractivity contribution in [2.24, 2.45) is 0 Å². The minimum Gasteiger partial charge on any atom is -0.497 e. The Morgan fingerprint density at radius 1 is 0.129 bits per heavy atom. The van der Waals surface area contributed by atoms with Crippen LogP contribution in [0.15, 0.2) is 328 Å². The van der Waals surface area contributed by atoms with Crippen molar-refractivity contribution < 1.29 is 111 Å². The molecule has 0 saturated carbocycles. The molecule has 0 saturated heterocycles. The molecule has 0 aliphatic heterocycles. The number of hydrogen-bond donors (Lipinski definition) is 0. The van der Waals surface area contributed by atoms with Crippen LogP contribution < -0.4 is 148 Å². The molecule has 24 nitrogen and oxygen atoms in total. The van der Waals surface area contributed by atoms with Crippen molar-refractivity contribution in [3.05, 3.63) is 328 Å². The number of ether oxygens (including phenoxy) is 12. The van der Waals surface area contributed by atoms with Crippen LogP contribution in [-0.2, 0) is 27.4 Å². The van der Waals surface area contributed by atoms with Gasteiger partial charge in [-0.25, -0.2) is 0 Å². The summed E-state index contributed by atoms with van der Waals surface area (Å²) in [6.45, 7) is 0. The van der Waals surface area contributed by atoms with Gasteiger partial charge < -0.3 is 84.0 Å². The average Bonchev–Trinajstić information content (AvgIpc) is 0.710. The van der Waals surface area contributed by atoms with Crippen molar-refractivity contribution in [3.63, 3.8) is 0 Å². The number of methoxy groups -OCH3 is 12. The number of benzene rings is 16. The Labute approximate surface area is 763 Å². The third-order valence-corrected chi connectivity index (χ3v) is 36.9. The number of rotatable bonds is 36. The van der Waals surface area contributed by atoms with Crippen LogP contribution in [0.25, 0.3) is 32.3 Å². The standard InChI is InChI=1S/C102H90O24P6/c1-109-67-13-37-79(38-14-67)127(103,80-39-15-68(110-2)16-40-80)121-97-61-91-92(62-98(97)122-128(104,81-41-17-69(111-3)18-42-81)82-43-19-70(112-4)20-44-82)94-64-100(124-130(106,85-49-25-73(115-7)26-50-85)86-51-27-74(116-8)28-52-86)102(126-132(108,89-57-33-77(119-11)34-58-89)90-59-35-78(120-12)36-60-90)66-96(94)95-65-101(125-131(107,87-53-29-75(117-9)30-54-87)88-55-31-76(118-10)32-56-88)99(63-93(91)95)123-129(105,83-45-21-71(113-5)22-46-83)84-47-23-72(114-6)24-48-84/h13-66H,1-12H3. The fraction of sp³-hybridized carbons (Fsp3) is 0.118. The summed E-state index contributed by atoms with van der Waals surface area (Å²) >= 11 is 0. The highest BCUT2D eigenvalue weighted by Crippen LogP contribution is 2.61. The van der Waals surface area contributed by atoms with Crippen molar-refractivity contribution in [3.8, 4) is 103 Å². The summed E-state index contributed by atoms with van der Waals surface area (Å²) in [4.78, 5) is 0. The van der Waals surface area contributed by atoms with E-state index in [-0.39, 0.29) is 130 Å². The van der Waals surface area contributed by atoms with Crippen LogP contribution in [0.3, 0.4) is 0 Å². The van der Waals surface area contributed by atoms with E-state index in [1.807, 2.05) is 0 Å². The molecule has 0 bridgehead atoms. The molecule has 0 spiro atoms. The van der Waals surface area contributed by atoms with Gasteiger partial charge in [0.2, 0.25) is 0 Å². The Bertz CT molecular complexity index is 5730. The van der Waals surface area contributed by atoms with Crippen LogP contribution >= 0.6 is 44.2 Å². The Morgan fingerprint density at radius 3 is 0.273 bits per heavy atom. The lowest BCUT2D eigenvalue weighted by atomic mass is 9.93. The summed E-state index contributed by atoms with van der Waals surface area (Å²) in [5.74, 6) is 3.39. The summed E-state index contributed by atoms with van der Waals surface area (Å²) in [5.41, 5.74) is 0. The van der Waals surface area contributed by atoms with Crippen molar-refractivity contribution in [2.45, 2.75) is 0 Å². The van der Waals surface area contributed by atoms with Crippen LogP contribution in [-0.4, -0.2) is 85.3 Å². The first-order chi connectivity index (χ1) is 63.9. The molecule has 0 radical (unpaired) electrons. The topological polar surface area (TPSA) is 269 Å². The largest absolute Gasteiger partial charge is 0.497 e. The minimum absolute atomic E-state index is 0.161. The fourth-order valence-electron chi connectivity index (χ4n) is 15.1. The molecule has 16 aromatic rings. The van der Waals surface area contributed by atoms with Gasteiger partial charge in [0.15, 0.2) is 34.5 Å². The van der Waals surface area contributed by atoms with Crippen LogP contribution in [0.2, 0.25) is 0 Å². The van der Waals surface area contributed by atoms with E-state index in [1.54, 1.807) is 328 Å². The molecule has 0 heterocycles. The first-order valence-corrected chi connectivity index (χ1v) is 50.8. The van der Waals surface area contributed by atoms with E-state index in [0.717, 1.165) is 0 Å². The SMILES string of the molecule is COc1ccc(P(=O)(Oc2cc3c4cc(OP(=O)(c5ccc(OC)cc5)c5ccc(OC)cc5)c(OP(=O)(c5ccc(OC)cc5)c5ccc(OC)cc5)cc4c4cc(OP(=O)(c5ccc(OC)cc5)c5ccc(OC)cc5)c(OP(=O)(c5ccc(OC)cc5)c5ccc(OC)cc5)cc4c3cc2OP(=O)(c2ccc(OC)cc2)c2ccc(OC)cc2)c2ccc(OC)cc2)cc1. The minimum atomic E-state index is -4.64. The zero-order valence-corrected chi connectivity index (χ0v) is 79.0. The Balaban J connectivity index is 1.11. The molecule has 132 heavy (non-hydrogen) atoms. The molecule has 672 valence electrons. The van der Waals surface area contributed by atoms with E-state index in [1.165, 1.54) is 85.3 Å². The number of hydrogen-bond acceptors (Lipinski definition) is 24. The van der Waals surface area contributed by atoms with Crippen molar-refractivity contribution >= 4 is 140 Å². The maximum atomic E-state index is 17.5. The van der Waals surface area contributed by atoms with Gasteiger partial charge in [-0.15, -0.1) is 0 Å². The van der Waals surface area contributed by atoms with E-state index < -0.39 is 44.2 Å². The molecule has 0 unspecified atom stereocenters. The Hall–Kier alpha value is -13.9. The lowest BCUT2D eigenvalue weighted by Gasteiger charge is -2.28. The molecule has 0 amide bonds. The first kappa shape index (κ1) is 91.4. The molecule has 0 aliphatic rings. The van der Waals surface area contributed by atoms with Gasteiger partial charge in [-0.2, -0.15) is 0 Å². The van der Waals surface area contributed by atoms with Crippen molar-refractivity contribution in [2.75, 3.05) is 85.3 Å². The molecule has 0 fully saturated rings. The van der Waals surface area contributed by atoms with E-state index in [2.05, 4.69) is 0 Å². The predicted molar refractivity (Wildman–Crippen MR) is 520 cm³/mol. The Morgan fingerprint density at radius 2 is 0.205 bits per heavy atom. The first-order valence-electron chi connectivity index (χ1n) is 41.0. The normalized spacial score (nSPS) is 11.8. The monoisotopic (exact) mass is 1880 g/mol. The highest BCUT2D eigenvalue weighted by molar-refractivity contribution is 7.76. The van der Waals surface area contributed by atoms with Gasteiger partial charge in [0, 0.05) is 0 Å². The molecular formula is C102H90O24P6. The zero-order chi connectivity index (χ0) is 92.7. The van der Waals surface area contributed by atoms with Gasteiger partial charge in [0.1, 0.15) is 69.0 Å². The summed E-state index contributed by atoms with van der Waals surface area (Å²) in [5, 5.41) is 3.03. The fourth-order valence-corrected chi connectivity index (χ4v) is 27.2. The smallest absolute Gasteiger partial charge is 0.306 e. The van der Waals surface area contributed by atoms with E-state index in [0.29, 0.717) is 69.0 Å². The second kappa shape index (κ2) is 38.6. The van der Waals surface area contributed by atoms with E-state index in [4.69, 9.17) is 84.0 Å². The lowest BCUT2D eigenvalue weighted by Crippen LogP contribution is -2.22. The summed E-state index contributed by atoms with van der Waals surface area (Å²) in [6, 6.07) is 87.4. The molecule has 0 N–H and O–H groups in total. The third kappa shape index (κ3) is 18.0. The van der Waals surface area contributed by atoms with Crippen molar-refractivity contribution in [1.82, 2.24) is 0 Å². The van der Waals surface area contributed by atoms with Gasteiger partial charge in [-0.05, 0) is 360 Å². The predicted octanol–water partition coefficient (Wildman–Crippen LogP) is 19.1. The van der Waals surface area contributed by atoms with Crippen LogP contribution in [0.4, 0.5) is 0 Å². The second-order valence-electron chi connectivity index (χ2n) is 29.8. The summed E-state index contributed by atoms with van der Waals surface area (Å²) < 4.78 is 218. The third-order valence-electron chi connectivity index (χ3n) is 22.4. The summed E-state index contributed by atoms with van der Waals surface area (Å²) in [7, 11) is -9.83. The quantitative estimate of drug-likeness (QED) is 0.0261. The molecule has 0 aromatic heterocycles. The molecule has 16 rings (SSSR count). The molecule has 30 heteroatoms. The average molecular weight is 1890 g/mol. The van der Waals surface area contributed by atoms with Gasteiger partial charge in [0.05, 0.1) is 149 Å². The van der Waals surface area contributed by atoms with Gasteiger partial charge in [-0.1, -0.05) is 0 Å². The van der Waals surface area contributed by atoms with Gasteiger partial charge >= 0.3 is 44.2 Å². The highest BCUT2D eigenvalue weighted by Gasteiger charge is 2.42.